The van der Waals surface area contributed by atoms with Crippen LogP contribution in [0.3, 0.4) is 0 Å². The molecular formula is C18H17NO3. The standard InChI is InChI=1S/C18H17NO3/c1-12-16(21-2)10-14(11-17(12)22-3)19-9-8-13-6-4-5-7-15(13)18(19)20/h4-11H,1-3H3. The van der Waals surface area contributed by atoms with E-state index in [1.54, 1.807) is 25.0 Å². The summed E-state index contributed by atoms with van der Waals surface area (Å²) in [7, 11) is 3.21. The summed E-state index contributed by atoms with van der Waals surface area (Å²) in [5, 5.41) is 1.61. The van der Waals surface area contributed by atoms with Crippen LogP contribution in [0, 0.1) is 6.92 Å². The van der Waals surface area contributed by atoms with Gasteiger partial charge in [0.2, 0.25) is 0 Å². The molecule has 4 nitrogen and oxygen atoms in total. The molecule has 112 valence electrons. The van der Waals surface area contributed by atoms with Crippen LogP contribution in [0.2, 0.25) is 0 Å². The number of nitrogens with zero attached hydrogens (tertiary/aromatic N) is 1. The second-order valence-corrected chi connectivity index (χ2v) is 5.05. The molecule has 1 aromatic heterocycles. The average molecular weight is 295 g/mol. The van der Waals surface area contributed by atoms with Gasteiger partial charge in [-0.2, -0.15) is 0 Å². The molecule has 2 aromatic carbocycles. The quantitative estimate of drug-likeness (QED) is 0.744. The van der Waals surface area contributed by atoms with Gasteiger partial charge in [-0.3, -0.25) is 9.36 Å². The molecule has 0 aliphatic carbocycles. The van der Waals surface area contributed by atoms with E-state index in [9.17, 15) is 4.79 Å². The molecule has 0 radical (unpaired) electrons. The van der Waals surface area contributed by atoms with Crippen LogP contribution in [0.25, 0.3) is 16.5 Å². The predicted octanol–water partition coefficient (Wildman–Crippen LogP) is 3.32. The Morgan fingerprint density at radius 2 is 1.59 bits per heavy atom. The summed E-state index contributed by atoms with van der Waals surface area (Å²) >= 11 is 0. The van der Waals surface area contributed by atoms with E-state index in [1.165, 1.54) is 0 Å². The van der Waals surface area contributed by atoms with Crippen molar-refractivity contribution in [2.75, 3.05) is 14.2 Å². The van der Waals surface area contributed by atoms with Gasteiger partial charge < -0.3 is 9.47 Å². The van der Waals surface area contributed by atoms with Crippen molar-refractivity contribution in [1.29, 1.82) is 0 Å². The Kier molecular flexibility index (Phi) is 3.59. The number of pyridine rings is 1. The summed E-state index contributed by atoms with van der Waals surface area (Å²) in [6.07, 6.45) is 1.77. The lowest BCUT2D eigenvalue weighted by Crippen LogP contribution is -2.17. The highest BCUT2D eigenvalue weighted by atomic mass is 16.5. The summed E-state index contributed by atoms with van der Waals surface area (Å²) < 4.78 is 12.4. The number of hydrogen-bond donors (Lipinski definition) is 0. The third-order valence-electron chi connectivity index (χ3n) is 3.83. The Hall–Kier alpha value is -2.75. The first-order chi connectivity index (χ1) is 10.7. The molecule has 3 rings (SSSR count). The van der Waals surface area contributed by atoms with Gasteiger partial charge in [-0.15, -0.1) is 0 Å². The topological polar surface area (TPSA) is 40.5 Å². The lowest BCUT2D eigenvalue weighted by atomic mass is 10.1. The Balaban J connectivity index is 2.28. The summed E-state index contributed by atoms with van der Waals surface area (Å²) in [6.45, 7) is 1.92. The molecule has 0 unspecified atom stereocenters. The number of hydrogen-bond acceptors (Lipinski definition) is 3. The molecule has 0 spiro atoms. The van der Waals surface area contributed by atoms with Crippen molar-refractivity contribution in [3.63, 3.8) is 0 Å². The van der Waals surface area contributed by atoms with Crippen molar-refractivity contribution < 1.29 is 9.47 Å². The van der Waals surface area contributed by atoms with Gasteiger partial charge >= 0.3 is 0 Å². The fourth-order valence-electron chi connectivity index (χ4n) is 2.60. The minimum absolute atomic E-state index is 0.0638. The maximum atomic E-state index is 12.7. The minimum Gasteiger partial charge on any atom is -0.496 e. The normalized spacial score (nSPS) is 10.7. The molecule has 0 amide bonds. The van der Waals surface area contributed by atoms with Crippen LogP contribution in [-0.4, -0.2) is 18.8 Å². The van der Waals surface area contributed by atoms with Crippen molar-refractivity contribution in [1.82, 2.24) is 4.57 Å². The molecule has 22 heavy (non-hydrogen) atoms. The lowest BCUT2D eigenvalue weighted by molar-refractivity contribution is 0.388. The van der Waals surface area contributed by atoms with Crippen LogP contribution < -0.4 is 15.0 Å². The number of ether oxygens (including phenoxy) is 2. The van der Waals surface area contributed by atoms with E-state index < -0.39 is 0 Å². The maximum Gasteiger partial charge on any atom is 0.262 e. The Morgan fingerprint density at radius 3 is 2.23 bits per heavy atom. The summed E-state index contributed by atoms with van der Waals surface area (Å²) in [4.78, 5) is 12.7. The van der Waals surface area contributed by atoms with E-state index >= 15 is 0 Å². The molecule has 0 aliphatic heterocycles. The third kappa shape index (κ3) is 2.22. The van der Waals surface area contributed by atoms with Crippen molar-refractivity contribution in [2.45, 2.75) is 6.92 Å². The number of aromatic nitrogens is 1. The molecule has 0 bridgehead atoms. The molecule has 0 aliphatic rings. The Morgan fingerprint density at radius 1 is 0.955 bits per heavy atom. The fourth-order valence-corrected chi connectivity index (χ4v) is 2.60. The van der Waals surface area contributed by atoms with Crippen LogP contribution in [0.1, 0.15) is 5.56 Å². The first-order valence-electron chi connectivity index (χ1n) is 6.99. The van der Waals surface area contributed by atoms with E-state index in [-0.39, 0.29) is 5.56 Å². The highest BCUT2D eigenvalue weighted by Crippen LogP contribution is 2.30. The molecule has 0 saturated heterocycles. The van der Waals surface area contributed by atoms with Gasteiger partial charge in [0.15, 0.2) is 0 Å². The molecule has 4 heteroatoms. The van der Waals surface area contributed by atoms with Crippen molar-refractivity contribution in [3.05, 3.63) is 64.6 Å². The van der Waals surface area contributed by atoms with Gasteiger partial charge in [-0.1, -0.05) is 18.2 Å². The van der Waals surface area contributed by atoms with Crippen LogP contribution >= 0.6 is 0 Å². The van der Waals surface area contributed by atoms with Gasteiger partial charge in [0.1, 0.15) is 11.5 Å². The van der Waals surface area contributed by atoms with Gasteiger partial charge in [0.25, 0.3) is 5.56 Å². The lowest BCUT2D eigenvalue weighted by Gasteiger charge is -2.14. The zero-order valence-electron chi connectivity index (χ0n) is 12.8. The molecular weight excluding hydrogens is 278 g/mol. The Labute approximate surface area is 128 Å². The fraction of sp³-hybridized carbons (Fsp3) is 0.167. The van der Waals surface area contributed by atoms with Gasteiger partial charge in [0, 0.05) is 29.3 Å². The summed E-state index contributed by atoms with van der Waals surface area (Å²) in [6, 6.07) is 13.2. The van der Waals surface area contributed by atoms with Crippen LogP contribution in [0.4, 0.5) is 0 Å². The molecule has 0 atom stereocenters. The van der Waals surface area contributed by atoms with Crippen molar-refractivity contribution in [3.8, 4) is 17.2 Å². The number of methoxy groups -OCH3 is 2. The smallest absolute Gasteiger partial charge is 0.262 e. The van der Waals surface area contributed by atoms with E-state index in [4.69, 9.17) is 9.47 Å². The van der Waals surface area contributed by atoms with Gasteiger partial charge in [-0.05, 0) is 24.4 Å². The predicted molar refractivity (Wildman–Crippen MR) is 87.4 cm³/mol. The van der Waals surface area contributed by atoms with Gasteiger partial charge in [-0.25, -0.2) is 0 Å². The van der Waals surface area contributed by atoms with E-state index in [2.05, 4.69) is 0 Å². The highest BCUT2D eigenvalue weighted by Gasteiger charge is 2.11. The number of benzene rings is 2. The highest BCUT2D eigenvalue weighted by molar-refractivity contribution is 5.81. The van der Waals surface area contributed by atoms with Crippen molar-refractivity contribution in [2.24, 2.45) is 0 Å². The van der Waals surface area contributed by atoms with Crippen LogP contribution in [-0.2, 0) is 0 Å². The number of rotatable bonds is 3. The first kappa shape index (κ1) is 14.2. The van der Waals surface area contributed by atoms with E-state index in [0.717, 1.165) is 16.6 Å². The SMILES string of the molecule is COc1cc(-n2ccc3ccccc3c2=O)cc(OC)c1C. The van der Waals surface area contributed by atoms with Crippen molar-refractivity contribution >= 4 is 10.8 Å². The Bertz CT molecular complexity index is 871. The molecule has 3 aromatic rings. The molecule has 1 heterocycles. The van der Waals surface area contributed by atoms with Gasteiger partial charge in [0.05, 0.1) is 19.9 Å². The molecule has 0 fully saturated rings. The largest absolute Gasteiger partial charge is 0.496 e. The molecule has 0 saturated carbocycles. The zero-order chi connectivity index (χ0) is 15.7. The zero-order valence-corrected chi connectivity index (χ0v) is 12.8. The summed E-state index contributed by atoms with van der Waals surface area (Å²) in [5.41, 5.74) is 1.56. The average Bonchev–Trinajstić information content (AvgIpc) is 2.56. The second kappa shape index (κ2) is 5.56. The van der Waals surface area contributed by atoms with Crippen LogP contribution in [0.5, 0.6) is 11.5 Å². The monoisotopic (exact) mass is 295 g/mol. The summed E-state index contributed by atoms with van der Waals surface area (Å²) in [5.74, 6) is 1.38. The molecule has 0 N–H and O–H groups in total. The van der Waals surface area contributed by atoms with Crippen LogP contribution in [0.15, 0.2) is 53.5 Å². The first-order valence-corrected chi connectivity index (χ1v) is 6.99. The minimum atomic E-state index is -0.0638. The third-order valence-corrected chi connectivity index (χ3v) is 3.83. The maximum absolute atomic E-state index is 12.7. The van der Waals surface area contributed by atoms with E-state index in [0.29, 0.717) is 16.9 Å². The van der Waals surface area contributed by atoms with E-state index in [1.807, 2.05) is 49.4 Å². The number of fused-ring (bicyclic) bond motifs is 1. The second-order valence-electron chi connectivity index (χ2n) is 5.05.